The van der Waals surface area contributed by atoms with E-state index in [9.17, 15) is 9.59 Å². The van der Waals surface area contributed by atoms with Crippen LogP contribution >= 0.6 is 34.5 Å². The van der Waals surface area contributed by atoms with Crippen LogP contribution in [0.5, 0.6) is 0 Å². The molecule has 0 unspecified atom stereocenters. The van der Waals surface area contributed by atoms with Crippen LogP contribution in [0.4, 0.5) is 0 Å². The molecule has 2 aromatic rings. The minimum Gasteiger partial charge on any atom is -0.267 e. The smallest absolute Gasteiger partial charge is 0.267 e. The number of nitrogens with one attached hydrogen (secondary N) is 2. The zero-order valence-electron chi connectivity index (χ0n) is 9.44. The van der Waals surface area contributed by atoms with Gasteiger partial charge in [0.25, 0.3) is 11.8 Å². The van der Waals surface area contributed by atoms with Crippen LogP contribution in [0.1, 0.15) is 20.0 Å². The normalized spacial score (nSPS) is 10.0. The molecule has 4 nitrogen and oxygen atoms in total. The van der Waals surface area contributed by atoms with Crippen molar-refractivity contribution in [2.24, 2.45) is 0 Å². The number of benzene rings is 1. The van der Waals surface area contributed by atoms with Gasteiger partial charge in [0, 0.05) is 0 Å². The van der Waals surface area contributed by atoms with Gasteiger partial charge in [-0.25, -0.2) is 0 Å². The summed E-state index contributed by atoms with van der Waals surface area (Å²) in [5.74, 6) is -0.918. The fourth-order valence-corrected chi connectivity index (χ4v) is 2.48. The van der Waals surface area contributed by atoms with E-state index in [4.69, 9.17) is 23.2 Å². The number of thiophene rings is 1. The molecule has 0 aliphatic heterocycles. The van der Waals surface area contributed by atoms with Crippen molar-refractivity contribution >= 4 is 46.4 Å². The highest BCUT2D eigenvalue weighted by atomic mass is 35.5. The van der Waals surface area contributed by atoms with Crippen LogP contribution < -0.4 is 10.9 Å². The number of hydrogen-bond acceptors (Lipinski definition) is 3. The number of hydrogen-bond donors (Lipinski definition) is 2. The molecule has 0 saturated heterocycles. The maximum Gasteiger partial charge on any atom is 0.279 e. The molecule has 0 aliphatic rings. The summed E-state index contributed by atoms with van der Waals surface area (Å²) in [6.45, 7) is 0. The number of hydrazine groups is 1. The Morgan fingerprint density at radius 2 is 1.63 bits per heavy atom. The number of halogens is 2. The highest BCUT2D eigenvalue weighted by Gasteiger charge is 2.12. The molecule has 0 saturated carbocycles. The highest BCUT2D eigenvalue weighted by molar-refractivity contribution is 7.17. The first kappa shape index (κ1) is 13.9. The Morgan fingerprint density at radius 1 is 0.947 bits per heavy atom. The quantitative estimate of drug-likeness (QED) is 0.837. The summed E-state index contributed by atoms with van der Waals surface area (Å²) in [7, 11) is 0. The third-order valence-corrected chi connectivity index (χ3v) is 3.76. The van der Waals surface area contributed by atoms with Crippen LogP contribution in [0.2, 0.25) is 9.36 Å². The van der Waals surface area contributed by atoms with Crippen molar-refractivity contribution in [1.82, 2.24) is 10.9 Å². The lowest BCUT2D eigenvalue weighted by Gasteiger charge is -2.07. The Balaban J connectivity index is 1.98. The van der Waals surface area contributed by atoms with E-state index < -0.39 is 11.8 Å². The van der Waals surface area contributed by atoms with E-state index in [0.29, 0.717) is 14.2 Å². The molecule has 2 amide bonds. The van der Waals surface area contributed by atoms with Gasteiger partial charge in [-0.15, -0.1) is 11.3 Å². The van der Waals surface area contributed by atoms with E-state index in [1.165, 1.54) is 0 Å². The van der Waals surface area contributed by atoms with Crippen molar-refractivity contribution in [3.05, 3.63) is 56.2 Å². The second-order valence-corrected chi connectivity index (χ2v) is 5.61. The SMILES string of the molecule is O=C(NNC(=O)c1ccccc1Cl)c1ccc(Cl)s1. The summed E-state index contributed by atoms with van der Waals surface area (Å²) < 4.78 is 0.502. The van der Waals surface area contributed by atoms with Gasteiger partial charge in [-0.3, -0.25) is 20.4 Å². The molecule has 0 spiro atoms. The van der Waals surface area contributed by atoms with Gasteiger partial charge in [-0.05, 0) is 24.3 Å². The largest absolute Gasteiger partial charge is 0.279 e. The predicted octanol–water partition coefficient (Wildman–Crippen LogP) is 3.13. The molecule has 1 aromatic carbocycles. The van der Waals surface area contributed by atoms with Crippen molar-refractivity contribution < 1.29 is 9.59 Å². The van der Waals surface area contributed by atoms with Gasteiger partial charge < -0.3 is 0 Å². The number of amides is 2. The zero-order chi connectivity index (χ0) is 13.8. The lowest BCUT2D eigenvalue weighted by atomic mass is 10.2. The van der Waals surface area contributed by atoms with Gasteiger partial charge in [0.2, 0.25) is 0 Å². The van der Waals surface area contributed by atoms with Crippen molar-refractivity contribution in [2.75, 3.05) is 0 Å². The molecule has 7 heteroatoms. The molecule has 0 atom stereocenters. The van der Waals surface area contributed by atoms with Crippen LogP contribution in [0, 0.1) is 0 Å². The van der Waals surface area contributed by atoms with E-state index in [0.717, 1.165) is 11.3 Å². The van der Waals surface area contributed by atoms with Gasteiger partial charge in [0.15, 0.2) is 0 Å². The molecule has 1 aromatic heterocycles. The fraction of sp³-hybridized carbons (Fsp3) is 0. The van der Waals surface area contributed by atoms with Crippen LogP contribution in [0.3, 0.4) is 0 Å². The molecule has 0 aliphatic carbocycles. The van der Waals surface area contributed by atoms with Crippen LogP contribution in [-0.4, -0.2) is 11.8 Å². The average Bonchev–Trinajstić information content (AvgIpc) is 2.83. The molecule has 2 rings (SSSR count). The number of rotatable bonds is 2. The van der Waals surface area contributed by atoms with Crippen molar-refractivity contribution in [3.8, 4) is 0 Å². The first-order chi connectivity index (χ1) is 9.08. The average molecular weight is 315 g/mol. The molecule has 0 bridgehead atoms. The van der Waals surface area contributed by atoms with Crippen molar-refractivity contribution in [3.63, 3.8) is 0 Å². The maximum atomic E-state index is 11.8. The van der Waals surface area contributed by atoms with Gasteiger partial charge in [0.1, 0.15) is 0 Å². The van der Waals surface area contributed by atoms with E-state index in [2.05, 4.69) is 10.9 Å². The molecule has 0 radical (unpaired) electrons. The minimum absolute atomic E-state index is 0.286. The summed E-state index contributed by atoms with van der Waals surface area (Å²) in [6, 6.07) is 9.73. The van der Waals surface area contributed by atoms with Crippen LogP contribution in [-0.2, 0) is 0 Å². The molecule has 98 valence electrons. The van der Waals surface area contributed by atoms with Crippen LogP contribution in [0.25, 0.3) is 0 Å². The number of carbonyl (C=O) groups excluding carboxylic acids is 2. The van der Waals surface area contributed by atoms with Gasteiger partial charge >= 0.3 is 0 Å². The second-order valence-electron chi connectivity index (χ2n) is 3.49. The third kappa shape index (κ3) is 3.47. The van der Waals surface area contributed by atoms with E-state index in [1.807, 2.05) is 0 Å². The minimum atomic E-state index is -0.485. The summed E-state index contributed by atoms with van der Waals surface area (Å²) in [4.78, 5) is 23.9. The molecule has 2 N–H and O–H groups in total. The highest BCUT2D eigenvalue weighted by Crippen LogP contribution is 2.21. The Hall–Kier alpha value is -1.56. The van der Waals surface area contributed by atoms with Crippen molar-refractivity contribution in [1.29, 1.82) is 0 Å². The topological polar surface area (TPSA) is 58.2 Å². The lowest BCUT2D eigenvalue weighted by Crippen LogP contribution is -2.41. The Kier molecular flexibility index (Phi) is 4.42. The molecule has 19 heavy (non-hydrogen) atoms. The zero-order valence-corrected chi connectivity index (χ0v) is 11.8. The van der Waals surface area contributed by atoms with E-state index in [1.54, 1.807) is 36.4 Å². The Morgan fingerprint density at radius 3 is 2.26 bits per heavy atom. The maximum absolute atomic E-state index is 11.8. The molecular weight excluding hydrogens is 307 g/mol. The van der Waals surface area contributed by atoms with Gasteiger partial charge in [-0.2, -0.15) is 0 Å². The van der Waals surface area contributed by atoms with E-state index >= 15 is 0 Å². The van der Waals surface area contributed by atoms with Gasteiger partial charge in [0.05, 0.1) is 19.8 Å². The fourth-order valence-electron chi connectivity index (χ4n) is 1.32. The predicted molar refractivity (Wildman–Crippen MR) is 75.7 cm³/mol. The summed E-state index contributed by atoms with van der Waals surface area (Å²) in [6.07, 6.45) is 0. The number of carbonyl (C=O) groups is 2. The van der Waals surface area contributed by atoms with Crippen LogP contribution in [0.15, 0.2) is 36.4 Å². The standard InChI is InChI=1S/C12H8Cl2N2O2S/c13-8-4-2-1-3-7(8)11(17)15-16-12(18)9-5-6-10(14)19-9/h1-6H,(H,15,17)(H,16,18). The van der Waals surface area contributed by atoms with Crippen molar-refractivity contribution in [2.45, 2.75) is 0 Å². The first-order valence-electron chi connectivity index (χ1n) is 5.18. The van der Waals surface area contributed by atoms with E-state index in [-0.39, 0.29) is 5.56 Å². The Labute approximate surface area is 123 Å². The summed E-state index contributed by atoms with van der Waals surface area (Å²) in [5.41, 5.74) is 4.87. The lowest BCUT2D eigenvalue weighted by molar-refractivity contribution is 0.0849. The molecule has 0 fully saturated rings. The van der Waals surface area contributed by atoms with Gasteiger partial charge in [-0.1, -0.05) is 35.3 Å². The monoisotopic (exact) mass is 314 g/mol. The molecular formula is C12H8Cl2N2O2S. The summed E-state index contributed by atoms with van der Waals surface area (Å²) >= 11 is 12.7. The third-order valence-electron chi connectivity index (χ3n) is 2.21. The first-order valence-corrected chi connectivity index (χ1v) is 6.75. The Bertz CT molecular complexity index is 628. The second kappa shape index (κ2) is 6.06. The summed E-state index contributed by atoms with van der Waals surface area (Å²) in [5, 5.41) is 0.313. The molecule has 1 heterocycles.